The van der Waals surface area contributed by atoms with Crippen LogP contribution < -0.4 is 21.3 Å². The SMILES string of the molecule is CNC(=O)CN1CCCC(c2ccc(Nc3ncc(Br)c(NCc4cccc5c4C(C)(C)C(=O)N5)n3)cc2)C1. The summed E-state index contributed by atoms with van der Waals surface area (Å²) < 4.78 is 0.753. The van der Waals surface area contributed by atoms with Gasteiger partial charge in [-0.3, -0.25) is 14.5 Å². The van der Waals surface area contributed by atoms with E-state index < -0.39 is 5.41 Å². The number of carbonyl (C=O) groups is 2. The van der Waals surface area contributed by atoms with Gasteiger partial charge >= 0.3 is 0 Å². The maximum absolute atomic E-state index is 12.4. The summed E-state index contributed by atoms with van der Waals surface area (Å²) in [7, 11) is 1.68. The summed E-state index contributed by atoms with van der Waals surface area (Å²) in [6.45, 7) is 6.70. The molecule has 0 aliphatic carbocycles. The van der Waals surface area contributed by atoms with E-state index >= 15 is 0 Å². The van der Waals surface area contributed by atoms with Crippen molar-refractivity contribution in [2.45, 2.75) is 44.6 Å². The Morgan fingerprint density at radius 3 is 2.77 bits per heavy atom. The molecule has 10 heteroatoms. The lowest BCUT2D eigenvalue weighted by atomic mass is 9.83. The molecule has 4 N–H and O–H groups in total. The van der Waals surface area contributed by atoms with Crippen molar-refractivity contribution in [1.82, 2.24) is 20.2 Å². The number of amides is 2. The van der Waals surface area contributed by atoms with Gasteiger partial charge < -0.3 is 21.3 Å². The van der Waals surface area contributed by atoms with Gasteiger partial charge in [0.1, 0.15) is 5.82 Å². The van der Waals surface area contributed by atoms with E-state index in [9.17, 15) is 9.59 Å². The number of hydrogen-bond acceptors (Lipinski definition) is 7. The van der Waals surface area contributed by atoms with Crippen LogP contribution in [0, 0.1) is 0 Å². The standard InChI is InChI=1S/C29H34BrN7O2/c1-29(2)25-19(6-4-8-23(25)35-27(29)39)14-32-26-22(30)15-33-28(36-26)34-21-11-9-18(10-12-21)20-7-5-13-37(16-20)17-24(38)31-3/h4,6,8-12,15,20H,5,7,13-14,16-17H2,1-3H3,(H,31,38)(H,35,39)(H2,32,33,34,36). The van der Waals surface area contributed by atoms with Crippen LogP contribution in [-0.4, -0.2) is 53.4 Å². The molecule has 1 fully saturated rings. The average molecular weight is 593 g/mol. The van der Waals surface area contributed by atoms with Crippen LogP contribution in [0.15, 0.2) is 53.1 Å². The number of halogens is 1. The second-order valence-corrected chi connectivity index (χ2v) is 11.5. The molecule has 1 aromatic heterocycles. The molecule has 0 radical (unpaired) electrons. The molecule has 2 aromatic carbocycles. The third-order valence-corrected chi connectivity index (χ3v) is 8.15. The lowest BCUT2D eigenvalue weighted by molar-refractivity contribution is -0.122. The second-order valence-electron chi connectivity index (χ2n) is 10.7. The van der Waals surface area contributed by atoms with Crippen LogP contribution in [0.4, 0.5) is 23.1 Å². The molecule has 204 valence electrons. The average Bonchev–Trinajstić information content (AvgIpc) is 3.17. The molecule has 1 atom stereocenters. The van der Waals surface area contributed by atoms with Gasteiger partial charge in [0, 0.05) is 37.7 Å². The molecular weight excluding hydrogens is 558 g/mol. The van der Waals surface area contributed by atoms with E-state index in [0.29, 0.717) is 30.8 Å². The molecule has 1 saturated heterocycles. The van der Waals surface area contributed by atoms with Crippen LogP contribution in [-0.2, 0) is 21.5 Å². The Bertz CT molecular complexity index is 1380. The number of anilines is 4. The number of fused-ring (bicyclic) bond motifs is 1. The molecule has 3 aromatic rings. The maximum Gasteiger partial charge on any atom is 0.234 e. The predicted octanol–water partition coefficient (Wildman–Crippen LogP) is 4.75. The van der Waals surface area contributed by atoms with Gasteiger partial charge in [0.2, 0.25) is 17.8 Å². The van der Waals surface area contributed by atoms with Gasteiger partial charge in [0.15, 0.2) is 0 Å². The summed E-state index contributed by atoms with van der Waals surface area (Å²) >= 11 is 3.55. The van der Waals surface area contributed by atoms with Gasteiger partial charge in [-0.15, -0.1) is 0 Å². The molecule has 0 spiro atoms. The minimum Gasteiger partial charge on any atom is -0.365 e. The molecule has 2 aliphatic rings. The first-order chi connectivity index (χ1) is 18.7. The van der Waals surface area contributed by atoms with Crippen molar-refractivity contribution in [2.24, 2.45) is 0 Å². The summed E-state index contributed by atoms with van der Waals surface area (Å²) in [4.78, 5) is 35.6. The van der Waals surface area contributed by atoms with Gasteiger partial charge in [-0.25, -0.2) is 4.98 Å². The fourth-order valence-corrected chi connectivity index (χ4v) is 5.76. The summed E-state index contributed by atoms with van der Waals surface area (Å²) in [6, 6.07) is 14.3. The number of likely N-dealkylation sites (tertiary alicyclic amines) is 1. The van der Waals surface area contributed by atoms with Crippen molar-refractivity contribution in [3.8, 4) is 0 Å². The molecular formula is C29H34BrN7O2. The number of carbonyl (C=O) groups excluding carboxylic acids is 2. The zero-order valence-electron chi connectivity index (χ0n) is 22.5. The molecule has 39 heavy (non-hydrogen) atoms. The molecule has 0 saturated carbocycles. The van der Waals surface area contributed by atoms with E-state index in [1.807, 2.05) is 44.2 Å². The summed E-state index contributed by atoms with van der Waals surface area (Å²) in [5, 5.41) is 12.4. The fraction of sp³-hybridized carbons (Fsp3) is 0.379. The lowest BCUT2D eigenvalue weighted by Gasteiger charge is -2.32. The Labute approximate surface area is 237 Å². The Hall–Kier alpha value is -3.50. The zero-order valence-corrected chi connectivity index (χ0v) is 24.1. The molecule has 0 bridgehead atoms. The minimum absolute atomic E-state index is 0.00961. The Morgan fingerprint density at radius 1 is 1.21 bits per heavy atom. The van der Waals surface area contributed by atoms with Crippen molar-refractivity contribution in [3.63, 3.8) is 0 Å². The van der Waals surface area contributed by atoms with Crippen LogP contribution in [0.1, 0.15) is 49.3 Å². The van der Waals surface area contributed by atoms with E-state index in [-0.39, 0.29) is 11.8 Å². The van der Waals surface area contributed by atoms with Crippen LogP contribution in [0.3, 0.4) is 0 Å². The molecule has 3 heterocycles. The number of nitrogens with one attached hydrogen (secondary N) is 4. The highest BCUT2D eigenvalue weighted by atomic mass is 79.9. The largest absolute Gasteiger partial charge is 0.365 e. The summed E-state index contributed by atoms with van der Waals surface area (Å²) in [5.41, 5.74) is 4.51. The van der Waals surface area contributed by atoms with Crippen LogP contribution >= 0.6 is 15.9 Å². The second kappa shape index (κ2) is 11.3. The number of nitrogens with zero attached hydrogens (tertiary/aromatic N) is 3. The van der Waals surface area contributed by atoms with Crippen molar-refractivity contribution in [2.75, 3.05) is 42.6 Å². The third kappa shape index (κ3) is 5.91. The quantitative estimate of drug-likeness (QED) is 0.299. The van der Waals surface area contributed by atoms with Crippen molar-refractivity contribution < 1.29 is 9.59 Å². The van der Waals surface area contributed by atoms with Gasteiger partial charge in [0.05, 0.1) is 16.4 Å². The number of aromatic nitrogens is 2. The molecule has 9 nitrogen and oxygen atoms in total. The minimum atomic E-state index is -0.588. The van der Waals surface area contributed by atoms with Crippen molar-refractivity contribution >= 4 is 50.9 Å². The van der Waals surface area contributed by atoms with Crippen molar-refractivity contribution in [3.05, 3.63) is 69.8 Å². The van der Waals surface area contributed by atoms with E-state index in [2.05, 4.69) is 64.2 Å². The zero-order chi connectivity index (χ0) is 27.6. The fourth-order valence-electron chi connectivity index (χ4n) is 5.43. The highest BCUT2D eigenvalue weighted by molar-refractivity contribution is 9.10. The van der Waals surface area contributed by atoms with E-state index in [1.165, 1.54) is 5.56 Å². The van der Waals surface area contributed by atoms with Crippen molar-refractivity contribution in [1.29, 1.82) is 0 Å². The normalized spacial score (nSPS) is 18.3. The predicted molar refractivity (Wildman–Crippen MR) is 157 cm³/mol. The monoisotopic (exact) mass is 591 g/mol. The summed E-state index contributed by atoms with van der Waals surface area (Å²) in [5.74, 6) is 1.62. The topological polar surface area (TPSA) is 111 Å². The first kappa shape index (κ1) is 27.1. The number of hydrogen-bond donors (Lipinski definition) is 4. The first-order valence-corrected chi connectivity index (χ1v) is 14.0. The number of piperidine rings is 1. The Balaban J connectivity index is 1.24. The highest BCUT2D eigenvalue weighted by Crippen LogP contribution is 2.40. The molecule has 1 unspecified atom stereocenters. The molecule has 5 rings (SSSR count). The maximum atomic E-state index is 12.4. The number of rotatable bonds is 8. The van der Waals surface area contributed by atoms with Crippen LogP contribution in [0.25, 0.3) is 0 Å². The van der Waals surface area contributed by atoms with Crippen LogP contribution in [0.2, 0.25) is 0 Å². The van der Waals surface area contributed by atoms with E-state index in [0.717, 1.165) is 52.9 Å². The molecule has 2 amide bonds. The third-order valence-electron chi connectivity index (χ3n) is 7.57. The Morgan fingerprint density at radius 2 is 2.00 bits per heavy atom. The van der Waals surface area contributed by atoms with Gasteiger partial charge in [0.25, 0.3) is 0 Å². The Kier molecular flexibility index (Phi) is 7.86. The van der Waals surface area contributed by atoms with Gasteiger partial charge in [-0.05, 0) is 90.0 Å². The van der Waals surface area contributed by atoms with Crippen LogP contribution in [0.5, 0.6) is 0 Å². The first-order valence-electron chi connectivity index (χ1n) is 13.2. The van der Waals surface area contributed by atoms with E-state index in [1.54, 1.807) is 13.2 Å². The highest BCUT2D eigenvalue weighted by Gasteiger charge is 2.39. The van der Waals surface area contributed by atoms with Gasteiger partial charge in [-0.1, -0.05) is 24.3 Å². The van der Waals surface area contributed by atoms with E-state index in [4.69, 9.17) is 0 Å². The lowest BCUT2D eigenvalue weighted by Crippen LogP contribution is -2.41. The van der Waals surface area contributed by atoms with Gasteiger partial charge in [-0.2, -0.15) is 4.98 Å². The number of benzene rings is 2. The molecule has 2 aliphatic heterocycles. The number of likely N-dealkylation sites (N-methyl/N-ethyl adjacent to an activating group) is 1. The smallest absolute Gasteiger partial charge is 0.234 e. The summed E-state index contributed by atoms with van der Waals surface area (Å²) in [6.07, 6.45) is 3.92.